The summed E-state index contributed by atoms with van der Waals surface area (Å²) in [7, 11) is 0. The fraction of sp³-hybridized carbons (Fsp3) is 0.625. The molecule has 0 aromatic heterocycles. The van der Waals surface area contributed by atoms with Gasteiger partial charge in [-0.3, -0.25) is 0 Å². The molecule has 0 bridgehead atoms. The van der Waals surface area contributed by atoms with E-state index in [0.717, 1.165) is 25.1 Å². The van der Waals surface area contributed by atoms with Gasteiger partial charge in [0.1, 0.15) is 5.82 Å². The number of benzene rings is 1. The van der Waals surface area contributed by atoms with E-state index in [1.165, 1.54) is 0 Å². The molecule has 1 heterocycles. The highest BCUT2D eigenvalue weighted by molar-refractivity contribution is 5.50. The van der Waals surface area contributed by atoms with Crippen molar-refractivity contribution in [3.8, 4) is 0 Å². The second-order valence-corrected chi connectivity index (χ2v) is 6.67. The van der Waals surface area contributed by atoms with Crippen LogP contribution in [0.2, 0.25) is 0 Å². The Morgan fingerprint density at radius 2 is 2.15 bits per heavy atom. The van der Waals surface area contributed by atoms with Crippen LogP contribution in [0.1, 0.15) is 32.8 Å². The van der Waals surface area contributed by atoms with Crippen LogP contribution in [0.15, 0.2) is 18.2 Å². The van der Waals surface area contributed by atoms with Crippen LogP contribution in [0.25, 0.3) is 0 Å². The maximum atomic E-state index is 14.2. The molecular formula is C16H25FN2O. The summed E-state index contributed by atoms with van der Waals surface area (Å²) in [5.74, 6) is 0.105. The van der Waals surface area contributed by atoms with Gasteiger partial charge in [0.15, 0.2) is 0 Å². The van der Waals surface area contributed by atoms with E-state index in [2.05, 4.69) is 26.1 Å². The molecule has 1 unspecified atom stereocenters. The van der Waals surface area contributed by atoms with Gasteiger partial charge in [0.2, 0.25) is 0 Å². The molecule has 0 radical (unpaired) electrons. The number of rotatable bonds is 4. The van der Waals surface area contributed by atoms with Gasteiger partial charge in [-0.05, 0) is 44.9 Å². The topological polar surface area (TPSA) is 35.5 Å². The second-order valence-electron chi connectivity index (χ2n) is 6.67. The Kier molecular flexibility index (Phi) is 4.66. The number of hydrogen-bond donors (Lipinski definition) is 2. The molecule has 2 rings (SSSR count). The fourth-order valence-corrected chi connectivity index (χ4v) is 2.48. The first-order valence-electron chi connectivity index (χ1n) is 7.28. The van der Waals surface area contributed by atoms with Gasteiger partial charge in [-0.1, -0.05) is 6.07 Å². The summed E-state index contributed by atoms with van der Waals surface area (Å²) in [6.07, 6.45) is 0.934. The van der Waals surface area contributed by atoms with Crippen molar-refractivity contribution >= 4 is 5.69 Å². The largest absolute Gasteiger partial charge is 0.396 e. The molecule has 1 aromatic rings. The predicted octanol–water partition coefficient (Wildman–Crippen LogP) is 2.53. The van der Waals surface area contributed by atoms with Gasteiger partial charge in [-0.15, -0.1) is 0 Å². The Labute approximate surface area is 120 Å². The summed E-state index contributed by atoms with van der Waals surface area (Å²) >= 11 is 0. The fourth-order valence-electron chi connectivity index (χ4n) is 2.48. The average molecular weight is 280 g/mol. The van der Waals surface area contributed by atoms with Crippen molar-refractivity contribution in [3.05, 3.63) is 29.6 Å². The Bertz CT molecular complexity index is 456. The highest BCUT2D eigenvalue weighted by Gasteiger charge is 2.23. The predicted molar refractivity (Wildman–Crippen MR) is 80.4 cm³/mol. The Morgan fingerprint density at radius 1 is 1.40 bits per heavy atom. The number of nitrogens with one attached hydrogen (secondary N) is 1. The van der Waals surface area contributed by atoms with E-state index in [0.29, 0.717) is 12.2 Å². The summed E-state index contributed by atoms with van der Waals surface area (Å²) < 4.78 is 14.2. The lowest BCUT2D eigenvalue weighted by Crippen LogP contribution is -2.35. The first-order valence-corrected chi connectivity index (χ1v) is 7.28. The minimum atomic E-state index is -0.170. The first kappa shape index (κ1) is 15.3. The summed E-state index contributed by atoms with van der Waals surface area (Å²) in [5.41, 5.74) is 1.64. The van der Waals surface area contributed by atoms with Gasteiger partial charge in [0.25, 0.3) is 0 Å². The van der Waals surface area contributed by atoms with E-state index in [4.69, 9.17) is 5.11 Å². The van der Waals surface area contributed by atoms with Crippen LogP contribution >= 0.6 is 0 Å². The molecule has 0 aliphatic carbocycles. The van der Waals surface area contributed by atoms with E-state index >= 15 is 0 Å². The number of nitrogens with zero attached hydrogens (tertiary/aromatic N) is 1. The van der Waals surface area contributed by atoms with E-state index in [1.54, 1.807) is 6.07 Å². The zero-order valence-electron chi connectivity index (χ0n) is 12.6. The van der Waals surface area contributed by atoms with Crippen LogP contribution in [0.5, 0.6) is 0 Å². The molecule has 4 heteroatoms. The van der Waals surface area contributed by atoms with Crippen molar-refractivity contribution in [2.75, 3.05) is 24.6 Å². The van der Waals surface area contributed by atoms with E-state index in [1.807, 2.05) is 17.0 Å². The van der Waals surface area contributed by atoms with Gasteiger partial charge in [0.05, 0.1) is 5.69 Å². The molecule has 0 amide bonds. The summed E-state index contributed by atoms with van der Waals surface area (Å²) in [4.78, 5) is 2.02. The summed E-state index contributed by atoms with van der Waals surface area (Å²) in [6.45, 7) is 8.70. The van der Waals surface area contributed by atoms with Gasteiger partial charge in [0, 0.05) is 37.7 Å². The molecule has 112 valence electrons. The molecule has 1 fully saturated rings. The number of anilines is 1. The Morgan fingerprint density at radius 3 is 2.70 bits per heavy atom. The van der Waals surface area contributed by atoms with Gasteiger partial charge < -0.3 is 15.3 Å². The molecule has 1 aliphatic rings. The van der Waals surface area contributed by atoms with Crippen LogP contribution in [-0.4, -0.2) is 30.3 Å². The molecule has 1 saturated heterocycles. The molecule has 2 N–H and O–H groups in total. The number of aliphatic hydroxyl groups excluding tert-OH is 1. The summed E-state index contributed by atoms with van der Waals surface area (Å²) in [5, 5.41) is 12.5. The third kappa shape index (κ3) is 3.93. The van der Waals surface area contributed by atoms with E-state index < -0.39 is 0 Å². The van der Waals surface area contributed by atoms with Gasteiger partial charge in [-0.25, -0.2) is 4.39 Å². The third-order valence-corrected chi connectivity index (χ3v) is 3.72. The molecule has 1 atom stereocenters. The molecule has 0 saturated carbocycles. The number of halogens is 1. The SMILES string of the molecule is CC(C)(C)NCc1ccc(N2CCC(CO)C2)c(F)c1. The maximum absolute atomic E-state index is 14.2. The van der Waals surface area contributed by atoms with Crippen LogP contribution in [0, 0.1) is 11.7 Å². The maximum Gasteiger partial charge on any atom is 0.146 e. The van der Waals surface area contributed by atoms with Crippen molar-refractivity contribution in [1.82, 2.24) is 5.32 Å². The van der Waals surface area contributed by atoms with Crippen LogP contribution in [-0.2, 0) is 6.54 Å². The Balaban J connectivity index is 2.03. The zero-order chi connectivity index (χ0) is 14.8. The zero-order valence-corrected chi connectivity index (χ0v) is 12.6. The van der Waals surface area contributed by atoms with Crippen LogP contribution < -0.4 is 10.2 Å². The minimum absolute atomic E-state index is 0.0262. The molecule has 20 heavy (non-hydrogen) atoms. The standard InChI is InChI=1S/C16H25FN2O/c1-16(2,3)18-9-12-4-5-15(14(17)8-12)19-7-6-13(10-19)11-20/h4-5,8,13,18,20H,6-7,9-11H2,1-3H3. The van der Waals surface area contributed by atoms with Gasteiger partial charge in [-0.2, -0.15) is 0 Å². The van der Waals surface area contributed by atoms with Crippen molar-refractivity contribution in [2.24, 2.45) is 5.92 Å². The number of aliphatic hydroxyl groups is 1. The van der Waals surface area contributed by atoms with E-state index in [9.17, 15) is 4.39 Å². The highest BCUT2D eigenvalue weighted by atomic mass is 19.1. The lowest BCUT2D eigenvalue weighted by Gasteiger charge is -2.22. The van der Waals surface area contributed by atoms with Crippen molar-refractivity contribution < 1.29 is 9.50 Å². The molecule has 3 nitrogen and oxygen atoms in total. The van der Waals surface area contributed by atoms with Crippen molar-refractivity contribution in [1.29, 1.82) is 0 Å². The average Bonchev–Trinajstić information content (AvgIpc) is 2.84. The Hall–Kier alpha value is -1.13. The second kappa shape index (κ2) is 6.10. The molecule has 1 aliphatic heterocycles. The van der Waals surface area contributed by atoms with Gasteiger partial charge >= 0.3 is 0 Å². The minimum Gasteiger partial charge on any atom is -0.396 e. The molecular weight excluding hydrogens is 255 g/mol. The smallest absolute Gasteiger partial charge is 0.146 e. The first-order chi connectivity index (χ1) is 9.39. The number of hydrogen-bond acceptors (Lipinski definition) is 3. The van der Waals surface area contributed by atoms with Crippen LogP contribution in [0.4, 0.5) is 10.1 Å². The third-order valence-electron chi connectivity index (χ3n) is 3.72. The lowest BCUT2D eigenvalue weighted by atomic mass is 10.1. The quantitative estimate of drug-likeness (QED) is 0.889. The highest BCUT2D eigenvalue weighted by Crippen LogP contribution is 2.26. The van der Waals surface area contributed by atoms with Crippen LogP contribution in [0.3, 0.4) is 0 Å². The normalized spacial score (nSPS) is 19.6. The van der Waals surface area contributed by atoms with Crippen molar-refractivity contribution in [3.63, 3.8) is 0 Å². The monoisotopic (exact) mass is 280 g/mol. The van der Waals surface area contributed by atoms with Crippen molar-refractivity contribution in [2.45, 2.75) is 39.3 Å². The lowest BCUT2D eigenvalue weighted by molar-refractivity contribution is 0.238. The molecule has 0 spiro atoms. The molecule has 1 aromatic carbocycles. The summed E-state index contributed by atoms with van der Waals surface area (Å²) in [6, 6.07) is 5.44. The van der Waals surface area contributed by atoms with E-state index in [-0.39, 0.29) is 23.9 Å².